The molecule has 1 amide bonds. The maximum absolute atomic E-state index is 12.7. The summed E-state index contributed by atoms with van der Waals surface area (Å²) < 4.78 is 0. The number of carbonyl (C=O) groups excluding carboxylic acids is 1. The molecule has 2 N–H and O–H groups in total. The highest BCUT2D eigenvalue weighted by Gasteiger charge is 2.24. The molecule has 1 aliphatic rings. The van der Waals surface area contributed by atoms with Gasteiger partial charge in [0.05, 0.1) is 11.3 Å². The third-order valence-electron chi connectivity index (χ3n) is 4.42. The summed E-state index contributed by atoms with van der Waals surface area (Å²) in [7, 11) is 0. The van der Waals surface area contributed by atoms with E-state index >= 15 is 0 Å². The maximum Gasteiger partial charge on any atom is 0.254 e. The average Bonchev–Trinajstić information content (AvgIpc) is 2.61. The van der Waals surface area contributed by atoms with E-state index in [0.29, 0.717) is 37.4 Å². The molecule has 1 saturated heterocycles. The molecule has 0 aromatic heterocycles. The van der Waals surface area contributed by atoms with Crippen molar-refractivity contribution in [2.45, 2.75) is 6.92 Å². The number of nitrogens with two attached hydrogens (primary N) is 1. The van der Waals surface area contributed by atoms with Gasteiger partial charge < -0.3 is 15.5 Å². The van der Waals surface area contributed by atoms with E-state index in [4.69, 9.17) is 5.73 Å². The summed E-state index contributed by atoms with van der Waals surface area (Å²) in [5.74, 6) is 0.0746. The normalized spacial score (nSPS) is 14.3. The number of hydrogen-bond acceptors (Lipinski definition) is 4. The van der Waals surface area contributed by atoms with Crippen molar-refractivity contribution in [2.75, 3.05) is 36.8 Å². The van der Waals surface area contributed by atoms with Crippen LogP contribution >= 0.6 is 0 Å². The van der Waals surface area contributed by atoms with Crippen LogP contribution in [0.1, 0.15) is 21.5 Å². The first kappa shape index (κ1) is 15.9. The van der Waals surface area contributed by atoms with Crippen LogP contribution in [-0.4, -0.2) is 37.0 Å². The van der Waals surface area contributed by atoms with E-state index in [9.17, 15) is 10.1 Å². The Kier molecular flexibility index (Phi) is 4.39. The molecule has 0 radical (unpaired) electrons. The van der Waals surface area contributed by atoms with Crippen molar-refractivity contribution in [3.05, 3.63) is 59.2 Å². The zero-order chi connectivity index (χ0) is 17.1. The molecule has 5 heteroatoms. The summed E-state index contributed by atoms with van der Waals surface area (Å²) in [6.45, 7) is 4.65. The Balaban J connectivity index is 1.72. The highest BCUT2D eigenvalue weighted by molar-refractivity contribution is 5.95. The molecule has 0 saturated carbocycles. The Morgan fingerprint density at radius 1 is 1.12 bits per heavy atom. The number of piperazine rings is 1. The van der Waals surface area contributed by atoms with Crippen LogP contribution in [0.25, 0.3) is 0 Å². The topological polar surface area (TPSA) is 73.4 Å². The number of nitriles is 1. The third kappa shape index (κ3) is 3.04. The molecule has 5 nitrogen and oxygen atoms in total. The Hall–Kier alpha value is -3.00. The first-order valence-corrected chi connectivity index (χ1v) is 7.99. The Labute approximate surface area is 141 Å². The summed E-state index contributed by atoms with van der Waals surface area (Å²) in [5.41, 5.74) is 9.55. The molecule has 1 fully saturated rings. The Bertz CT molecular complexity index is 801. The van der Waals surface area contributed by atoms with E-state index in [1.165, 1.54) is 0 Å². The number of anilines is 2. The smallest absolute Gasteiger partial charge is 0.254 e. The summed E-state index contributed by atoms with van der Waals surface area (Å²) >= 11 is 0. The van der Waals surface area contributed by atoms with Gasteiger partial charge in [0.2, 0.25) is 0 Å². The van der Waals surface area contributed by atoms with E-state index in [-0.39, 0.29) is 5.91 Å². The molecule has 3 rings (SSSR count). The van der Waals surface area contributed by atoms with Gasteiger partial charge in [0.15, 0.2) is 0 Å². The monoisotopic (exact) mass is 320 g/mol. The predicted molar refractivity (Wildman–Crippen MR) is 94.9 cm³/mol. The molecule has 0 aliphatic carbocycles. The van der Waals surface area contributed by atoms with Crippen LogP contribution in [0.4, 0.5) is 11.4 Å². The van der Waals surface area contributed by atoms with Gasteiger partial charge in [-0.05, 0) is 36.8 Å². The van der Waals surface area contributed by atoms with Gasteiger partial charge in [-0.25, -0.2) is 0 Å². The van der Waals surface area contributed by atoms with Crippen molar-refractivity contribution in [1.82, 2.24) is 4.90 Å². The van der Waals surface area contributed by atoms with Crippen molar-refractivity contribution in [1.29, 1.82) is 5.26 Å². The number of nitrogens with zero attached hydrogens (tertiary/aromatic N) is 3. The predicted octanol–water partition coefficient (Wildman–Crippen LogP) is 2.41. The molecule has 24 heavy (non-hydrogen) atoms. The van der Waals surface area contributed by atoms with E-state index in [1.807, 2.05) is 42.2 Å². The van der Waals surface area contributed by atoms with Crippen LogP contribution in [0.5, 0.6) is 0 Å². The fraction of sp³-hybridized carbons (Fsp3) is 0.263. The molecule has 0 bridgehead atoms. The third-order valence-corrected chi connectivity index (χ3v) is 4.42. The zero-order valence-corrected chi connectivity index (χ0v) is 13.7. The number of hydrogen-bond donors (Lipinski definition) is 1. The van der Waals surface area contributed by atoms with Gasteiger partial charge in [-0.1, -0.05) is 18.2 Å². The molecule has 0 atom stereocenters. The van der Waals surface area contributed by atoms with Crippen LogP contribution in [-0.2, 0) is 0 Å². The van der Waals surface area contributed by atoms with Gasteiger partial charge in [0.1, 0.15) is 6.07 Å². The minimum atomic E-state index is 0.0746. The highest BCUT2D eigenvalue weighted by atomic mass is 16.2. The van der Waals surface area contributed by atoms with Gasteiger partial charge in [0, 0.05) is 37.4 Å². The molecule has 0 spiro atoms. The maximum atomic E-state index is 12.7. The average molecular weight is 320 g/mol. The number of aryl methyl sites for hydroxylation is 1. The van der Waals surface area contributed by atoms with E-state index < -0.39 is 0 Å². The second-order valence-corrected chi connectivity index (χ2v) is 5.98. The second kappa shape index (κ2) is 6.63. The molecule has 0 unspecified atom stereocenters. The molecule has 1 aliphatic heterocycles. The number of nitrogen functional groups attached to an aromatic ring is 1. The first-order valence-electron chi connectivity index (χ1n) is 7.99. The van der Waals surface area contributed by atoms with Gasteiger partial charge >= 0.3 is 0 Å². The Morgan fingerprint density at radius 2 is 1.83 bits per heavy atom. The highest BCUT2D eigenvalue weighted by Crippen LogP contribution is 2.24. The standard InChI is InChI=1S/C19H20N4O/c1-14-4-2-3-5-17(14)19(24)23-10-8-22(9-11-23)18-7-6-16(21)12-15(18)13-20/h2-7,12H,8-11,21H2,1H3. The summed E-state index contributed by atoms with van der Waals surface area (Å²) in [5, 5.41) is 9.30. The van der Waals surface area contributed by atoms with Crippen LogP contribution < -0.4 is 10.6 Å². The number of benzene rings is 2. The van der Waals surface area contributed by atoms with Crippen LogP contribution in [0.3, 0.4) is 0 Å². The van der Waals surface area contributed by atoms with Gasteiger partial charge in [0.25, 0.3) is 5.91 Å². The lowest BCUT2D eigenvalue weighted by atomic mass is 10.1. The van der Waals surface area contributed by atoms with E-state index in [2.05, 4.69) is 11.0 Å². The van der Waals surface area contributed by atoms with Crippen molar-refractivity contribution in [2.24, 2.45) is 0 Å². The molecule has 2 aromatic carbocycles. The molecule has 122 valence electrons. The lowest BCUT2D eigenvalue weighted by molar-refractivity contribution is 0.0746. The van der Waals surface area contributed by atoms with E-state index in [0.717, 1.165) is 16.8 Å². The first-order chi connectivity index (χ1) is 11.6. The van der Waals surface area contributed by atoms with Crippen molar-refractivity contribution >= 4 is 17.3 Å². The lowest BCUT2D eigenvalue weighted by Crippen LogP contribution is -2.49. The second-order valence-electron chi connectivity index (χ2n) is 5.98. The van der Waals surface area contributed by atoms with E-state index in [1.54, 1.807) is 12.1 Å². The molecule has 2 aromatic rings. The zero-order valence-electron chi connectivity index (χ0n) is 13.7. The van der Waals surface area contributed by atoms with Crippen molar-refractivity contribution in [3.8, 4) is 6.07 Å². The number of carbonyl (C=O) groups is 1. The largest absolute Gasteiger partial charge is 0.399 e. The van der Waals surface area contributed by atoms with Gasteiger partial charge in [-0.3, -0.25) is 4.79 Å². The quantitative estimate of drug-likeness (QED) is 0.862. The van der Waals surface area contributed by atoms with Crippen LogP contribution in [0.2, 0.25) is 0 Å². The SMILES string of the molecule is Cc1ccccc1C(=O)N1CCN(c2ccc(N)cc2C#N)CC1. The van der Waals surface area contributed by atoms with Gasteiger partial charge in [-0.15, -0.1) is 0 Å². The summed E-state index contributed by atoms with van der Waals surface area (Å²) in [4.78, 5) is 16.7. The molecular formula is C19H20N4O. The summed E-state index contributed by atoms with van der Waals surface area (Å²) in [6.07, 6.45) is 0. The Morgan fingerprint density at radius 3 is 2.50 bits per heavy atom. The number of amides is 1. The molecular weight excluding hydrogens is 300 g/mol. The minimum absolute atomic E-state index is 0.0746. The fourth-order valence-corrected chi connectivity index (χ4v) is 3.05. The van der Waals surface area contributed by atoms with Crippen molar-refractivity contribution < 1.29 is 4.79 Å². The number of rotatable bonds is 2. The minimum Gasteiger partial charge on any atom is -0.399 e. The van der Waals surface area contributed by atoms with Crippen LogP contribution in [0.15, 0.2) is 42.5 Å². The summed E-state index contributed by atoms with van der Waals surface area (Å²) in [6, 6.07) is 15.2. The molecule has 1 heterocycles. The lowest BCUT2D eigenvalue weighted by Gasteiger charge is -2.36. The van der Waals surface area contributed by atoms with Crippen LogP contribution in [0, 0.1) is 18.3 Å². The van der Waals surface area contributed by atoms with Crippen molar-refractivity contribution in [3.63, 3.8) is 0 Å². The fourth-order valence-electron chi connectivity index (χ4n) is 3.05. The van der Waals surface area contributed by atoms with Gasteiger partial charge in [-0.2, -0.15) is 5.26 Å².